The average Bonchev–Trinajstić information content (AvgIpc) is 2.94. The van der Waals surface area contributed by atoms with Crippen molar-refractivity contribution in [3.05, 3.63) is 35.9 Å². The minimum absolute atomic E-state index is 0.0236. The lowest BCUT2D eigenvalue weighted by atomic mass is 10.1. The predicted molar refractivity (Wildman–Crippen MR) is 83.3 cm³/mol. The van der Waals surface area contributed by atoms with Gasteiger partial charge in [0, 0.05) is 33.8 Å². The summed E-state index contributed by atoms with van der Waals surface area (Å²) in [4.78, 5) is 0. The van der Waals surface area contributed by atoms with Gasteiger partial charge in [-0.3, -0.25) is 0 Å². The van der Waals surface area contributed by atoms with Crippen LogP contribution in [0.4, 0.5) is 0 Å². The Morgan fingerprint density at radius 3 is 2.67 bits per heavy atom. The van der Waals surface area contributed by atoms with E-state index < -0.39 is 10.2 Å². The molecule has 1 fully saturated rings. The maximum absolute atomic E-state index is 12.0. The Morgan fingerprint density at radius 2 is 2.00 bits per heavy atom. The quantitative estimate of drug-likeness (QED) is 0.717. The van der Waals surface area contributed by atoms with E-state index in [1.807, 2.05) is 18.2 Å². The molecule has 1 aliphatic rings. The van der Waals surface area contributed by atoms with Crippen LogP contribution in [0.25, 0.3) is 0 Å². The second kappa shape index (κ2) is 7.35. The third kappa shape index (κ3) is 4.51. The van der Waals surface area contributed by atoms with E-state index in [4.69, 9.17) is 4.74 Å². The largest absolute Gasteiger partial charge is 0.377 e. The number of nitrogens with zero attached hydrogens (tertiary/aromatic N) is 2. The summed E-state index contributed by atoms with van der Waals surface area (Å²) in [6.45, 7) is 1.69. The first-order chi connectivity index (χ1) is 10.00. The molecule has 1 heterocycles. The Hall–Kier alpha value is -0.950. The van der Waals surface area contributed by atoms with E-state index in [0.717, 1.165) is 19.3 Å². The van der Waals surface area contributed by atoms with E-state index >= 15 is 0 Å². The van der Waals surface area contributed by atoms with Crippen molar-refractivity contribution >= 4 is 10.2 Å². The molecule has 0 spiro atoms. The molecule has 5 nitrogen and oxygen atoms in total. The highest BCUT2D eigenvalue weighted by Gasteiger charge is 2.32. The Bertz CT molecular complexity index is 531. The summed E-state index contributed by atoms with van der Waals surface area (Å²) in [6, 6.07) is 10.3. The molecule has 1 aromatic carbocycles. The third-order valence-corrected chi connectivity index (χ3v) is 5.61. The van der Waals surface area contributed by atoms with Gasteiger partial charge in [-0.05, 0) is 24.8 Å². The summed E-state index contributed by atoms with van der Waals surface area (Å²) in [5.74, 6) is 0. The smallest absolute Gasteiger partial charge is 0.281 e. The van der Waals surface area contributed by atoms with Crippen molar-refractivity contribution < 1.29 is 13.2 Å². The van der Waals surface area contributed by atoms with E-state index in [9.17, 15) is 8.42 Å². The lowest BCUT2D eigenvalue weighted by Gasteiger charge is -2.20. The maximum Gasteiger partial charge on any atom is 0.281 e. The molecule has 2 rings (SSSR count). The van der Waals surface area contributed by atoms with Crippen molar-refractivity contribution in [2.45, 2.75) is 25.4 Å². The van der Waals surface area contributed by atoms with E-state index in [0.29, 0.717) is 19.7 Å². The molecule has 0 bridgehead atoms. The van der Waals surface area contributed by atoms with Crippen molar-refractivity contribution in [1.29, 1.82) is 0 Å². The third-order valence-electron chi connectivity index (χ3n) is 3.70. The van der Waals surface area contributed by atoms with Gasteiger partial charge in [0.2, 0.25) is 0 Å². The van der Waals surface area contributed by atoms with Crippen LogP contribution in [0.15, 0.2) is 30.3 Å². The van der Waals surface area contributed by atoms with Gasteiger partial charge in [0.15, 0.2) is 0 Å². The number of rotatable bonds is 7. The maximum atomic E-state index is 12.0. The van der Waals surface area contributed by atoms with Gasteiger partial charge in [0.25, 0.3) is 10.2 Å². The van der Waals surface area contributed by atoms with Crippen molar-refractivity contribution in [2.24, 2.45) is 0 Å². The molecule has 0 unspecified atom stereocenters. The molecule has 0 radical (unpaired) electrons. The summed E-state index contributed by atoms with van der Waals surface area (Å²) in [6.07, 6.45) is 2.75. The second-order valence-electron chi connectivity index (χ2n) is 5.52. The van der Waals surface area contributed by atoms with Gasteiger partial charge in [-0.1, -0.05) is 30.3 Å². The monoisotopic (exact) mass is 312 g/mol. The fourth-order valence-corrected chi connectivity index (χ4v) is 3.60. The van der Waals surface area contributed by atoms with Crippen LogP contribution in [0.1, 0.15) is 18.4 Å². The standard InChI is InChI=1S/C15H24N2O3S/c1-16(2)21(18,19)17-11-10-15(13-17)20-12-6-9-14-7-4-3-5-8-14/h3-5,7-8,15H,6,9-13H2,1-2H3/t15-/m0/s1. The van der Waals surface area contributed by atoms with E-state index in [1.165, 1.54) is 14.2 Å². The average molecular weight is 312 g/mol. The Morgan fingerprint density at radius 1 is 1.29 bits per heavy atom. The van der Waals surface area contributed by atoms with Crippen LogP contribution in [0.5, 0.6) is 0 Å². The Kier molecular flexibility index (Phi) is 5.75. The molecule has 6 heteroatoms. The van der Waals surface area contributed by atoms with Crippen molar-refractivity contribution in [1.82, 2.24) is 8.61 Å². The molecular formula is C15H24N2O3S. The molecule has 1 saturated heterocycles. The SMILES string of the molecule is CN(C)S(=O)(=O)N1CC[C@H](OCCCc2ccccc2)C1. The molecule has 0 aliphatic carbocycles. The van der Waals surface area contributed by atoms with Crippen LogP contribution < -0.4 is 0 Å². The zero-order chi connectivity index (χ0) is 15.3. The molecule has 1 aromatic rings. The number of hydrogen-bond donors (Lipinski definition) is 0. The molecule has 0 saturated carbocycles. The molecule has 0 amide bonds. The molecule has 21 heavy (non-hydrogen) atoms. The fourth-order valence-electron chi connectivity index (χ4n) is 2.45. The summed E-state index contributed by atoms with van der Waals surface area (Å²) in [5.41, 5.74) is 1.31. The normalized spacial score (nSPS) is 20.2. The van der Waals surface area contributed by atoms with Crippen LogP contribution >= 0.6 is 0 Å². The number of benzene rings is 1. The molecule has 0 N–H and O–H groups in total. The molecule has 0 aromatic heterocycles. The number of aryl methyl sites for hydroxylation is 1. The Balaban J connectivity index is 1.69. The molecule has 118 valence electrons. The van der Waals surface area contributed by atoms with Gasteiger partial charge in [-0.15, -0.1) is 0 Å². The van der Waals surface area contributed by atoms with Gasteiger partial charge in [-0.25, -0.2) is 0 Å². The second-order valence-corrected chi connectivity index (χ2v) is 7.66. The Labute approximate surface area is 127 Å². The van der Waals surface area contributed by atoms with E-state index in [1.54, 1.807) is 14.1 Å². The molecular weight excluding hydrogens is 288 g/mol. The van der Waals surface area contributed by atoms with Crippen molar-refractivity contribution in [3.63, 3.8) is 0 Å². The lowest BCUT2D eigenvalue weighted by Crippen LogP contribution is -2.39. The summed E-state index contributed by atoms with van der Waals surface area (Å²) in [5, 5.41) is 0. The van der Waals surface area contributed by atoms with E-state index in [2.05, 4.69) is 12.1 Å². The topological polar surface area (TPSA) is 49.9 Å². The summed E-state index contributed by atoms with van der Waals surface area (Å²) in [7, 11) is -0.179. The van der Waals surface area contributed by atoms with Gasteiger partial charge < -0.3 is 4.74 Å². The first-order valence-electron chi connectivity index (χ1n) is 7.33. The lowest BCUT2D eigenvalue weighted by molar-refractivity contribution is 0.0619. The minimum atomic E-state index is -3.30. The van der Waals surface area contributed by atoms with E-state index in [-0.39, 0.29) is 6.10 Å². The highest BCUT2D eigenvalue weighted by molar-refractivity contribution is 7.86. The van der Waals surface area contributed by atoms with Crippen LogP contribution in [0.3, 0.4) is 0 Å². The van der Waals surface area contributed by atoms with Gasteiger partial charge >= 0.3 is 0 Å². The first kappa shape index (κ1) is 16.4. The van der Waals surface area contributed by atoms with Gasteiger partial charge in [0.1, 0.15) is 0 Å². The molecule has 1 aliphatic heterocycles. The minimum Gasteiger partial charge on any atom is -0.377 e. The molecule has 1 atom stereocenters. The van der Waals surface area contributed by atoms with Gasteiger partial charge in [0.05, 0.1) is 6.10 Å². The number of hydrogen-bond acceptors (Lipinski definition) is 3. The predicted octanol–water partition coefficient (Wildman–Crippen LogP) is 1.52. The highest BCUT2D eigenvalue weighted by atomic mass is 32.2. The fraction of sp³-hybridized carbons (Fsp3) is 0.600. The van der Waals surface area contributed by atoms with Crippen LogP contribution in [-0.4, -0.2) is 56.9 Å². The van der Waals surface area contributed by atoms with Crippen molar-refractivity contribution in [2.75, 3.05) is 33.8 Å². The first-order valence-corrected chi connectivity index (χ1v) is 8.73. The number of ether oxygens (including phenoxy) is 1. The zero-order valence-electron chi connectivity index (χ0n) is 12.7. The highest BCUT2D eigenvalue weighted by Crippen LogP contribution is 2.18. The van der Waals surface area contributed by atoms with Gasteiger partial charge in [-0.2, -0.15) is 17.0 Å². The zero-order valence-corrected chi connectivity index (χ0v) is 13.6. The summed E-state index contributed by atoms with van der Waals surface area (Å²) < 4.78 is 32.5. The van der Waals surface area contributed by atoms with Crippen LogP contribution in [-0.2, 0) is 21.4 Å². The van der Waals surface area contributed by atoms with Crippen molar-refractivity contribution in [3.8, 4) is 0 Å². The summed E-state index contributed by atoms with van der Waals surface area (Å²) >= 11 is 0. The van der Waals surface area contributed by atoms with Crippen LogP contribution in [0.2, 0.25) is 0 Å². The van der Waals surface area contributed by atoms with Crippen LogP contribution in [0, 0.1) is 0 Å².